The summed E-state index contributed by atoms with van der Waals surface area (Å²) in [6.45, 7) is 6.19. The van der Waals surface area contributed by atoms with Crippen molar-refractivity contribution >= 4 is 11.6 Å². The predicted octanol–water partition coefficient (Wildman–Crippen LogP) is 3.24. The smallest absolute Gasteiger partial charge is 0.268 e. The van der Waals surface area contributed by atoms with Crippen molar-refractivity contribution in [2.75, 3.05) is 0 Å². The molecule has 0 saturated carbocycles. The monoisotopic (exact) mass is 401 g/mol. The molecule has 7 heteroatoms. The van der Waals surface area contributed by atoms with Crippen LogP contribution in [0.25, 0.3) is 11.3 Å². The number of amides is 1. The highest BCUT2D eigenvalue weighted by Gasteiger charge is 2.17. The molecule has 152 valence electrons. The molecular weight excluding hydrogens is 378 g/mol. The Morgan fingerprint density at radius 1 is 1.20 bits per heavy atom. The van der Waals surface area contributed by atoms with Crippen molar-refractivity contribution in [2.24, 2.45) is 0 Å². The molecule has 3 heterocycles. The molecule has 1 aromatic carbocycles. The Bertz CT molecular complexity index is 1250. The summed E-state index contributed by atoms with van der Waals surface area (Å²) in [6, 6.07) is 9.60. The molecule has 0 aliphatic carbocycles. The number of benzene rings is 1. The summed E-state index contributed by atoms with van der Waals surface area (Å²) in [6.07, 6.45) is 8.64. The van der Waals surface area contributed by atoms with Crippen LogP contribution >= 0.6 is 0 Å². The molecule has 0 aliphatic rings. The van der Waals surface area contributed by atoms with E-state index in [9.17, 15) is 9.59 Å². The molecule has 0 atom stereocenters. The number of pyridine rings is 1. The van der Waals surface area contributed by atoms with Crippen molar-refractivity contribution < 1.29 is 4.79 Å². The van der Waals surface area contributed by atoms with Crippen molar-refractivity contribution in [3.8, 4) is 5.69 Å². The number of aryl methyl sites for hydroxylation is 1. The van der Waals surface area contributed by atoms with E-state index in [1.54, 1.807) is 37.8 Å². The van der Waals surface area contributed by atoms with Crippen molar-refractivity contribution in [3.05, 3.63) is 94.1 Å². The molecule has 30 heavy (non-hydrogen) atoms. The third-order valence-electron chi connectivity index (χ3n) is 5.09. The number of rotatable bonds is 5. The van der Waals surface area contributed by atoms with Crippen LogP contribution in [0.1, 0.15) is 46.9 Å². The fourth-order valence-electron chi connectivity index (χ4n) is 3.38. The van der Waals surface area contributed by atoms with Crippen LogP contribution in [0.2, 0.25) is 0 Å². The Balaban J connectivity index is 1.62. The molecule has 4 aromatic rings. The number of hydrogen-bond acceptors (Lipinski definition) is 4. The lowest BCUT2D eigenvalue weighted by atomic mass is 10.0. The summed E-state index contributed by atoms with van der Waals surface area (Å²) >= 11 is 0. The maximum Gasteiger partial charge on any atom is 0.268 e. The number of aromatic nitrogens is 4. The van der Waals surface area contributed by atoms with E-state index in [1.807, 2.05) is 34.9 Å². The zero-order valence-corrected chi connectivity index (χ0v) is 17.2. The van der Waals surface area contributed by atoms with E-state index in [4.69, 9.17) is 0 Å². The van der Waals surface area contributed by atoms with Gasteiger partial charge in [0, 0.05) is 30.5 Å². The summed E-state index contributed by atoms with van der Waals surface area (Å²) in [5.41, 5.74) is 3.69. The predicted molar refractivity (Wildman–Crippen MR) is 115 cm³/mol. The quantitative estimate of drug-likeness (QED) is 0.557. The van der Waals surface area contributed by atoms with Gasteiger partial charge >= 0.3 is 0 Å². The van der Waals surface area contributed by atoms with Gasteiger partial charge in [0.25, 0.3) is 11.5 Å². The fraction of sp³-hybridized carbons (Fsp3) is 0.217. The molecule has 1 amide bonds. The largest absolute Gasteiger partial charge is 0.346 e. The average Bonchev–Trinajstić information content (AvgIpc) is 3.15. The summed E-state index contributed by atoms with van der Waals surface area (Å²) in [4.78, 5) is 34.5. The number of fused-ring (bicyclic) bond motifs is 1. The van der Waals surface area contributed by atoms with Gasteiger partial charge in [0.15, 0.2) is 5.65 Å². The molecule has 1 N–H and O–H groups in total. The Hall–Kier alpha value is -3.74. The highest BCUT2D eigenvalue weighted by atomic mass is 16.2. The van der Waals surface area contributed by atoms with Crippen LogP contribution in [-0.2, 0) is 6.54 Å². The number of carbonyl (C=O) groups excluding carboxylic acids is 1. The first-order valence-corrected chi connectivity index (χ1v) is 9.82. The second-order valence-corrected chi connectivity index (χ2v) is 7.56. The van der Waals surface area contributed by atoms with Gasteiger partial charge in [-0.25, -0.2) is 4.98 Å². The van der Waals surface area contributed by atoms with Crippen molar-refractivity contribution in [1.82, 2.24) is 24.3 Å². The van der Waals surface area contributed by atoms with Crippen LogP contribution in [0, 0.1) is 6.92 Å². The highest BCUT2D eigenvalue weighted by Crippen LogP contribution is 2.18. The Morgan fingerprint density at radius 2 is 2.03 bits per heavy atom. The fourth-order valence-corrected chi connectivity index (χ4v) is 3.38. The van der Waals surface area contributed by atoms with Gasteiger partial charge in [0.05, 0.1) is 18.4 Å². The third kappa shape index (κ3) is 3.74. The second-order valence-electron chi connectivity index (χ2n) is 7.56. The minimum Gasteiger partial charge on any atom is -0.346 e. The van der Waals surface area contributed by atoms with E-state index < -0.39 is 5.91 Å². The molecule has 0 aliphatic heterocycles. The Morgan fingerprint density at radius 3 is 2.80 bits per heavy atom. The Labute approximate surface area is 174 Å². The standard InChI is InChI=1S/C23H23N5O2/c1-15(2)17-5-4-6-19(11-17)28-9-7-16(3)21(23(28)30)22(29)25-12-18-14-27-10-8-24-13-20(27)26-18/h4-11,13-15H,12H2,1-3H3,(H,25,29). The van der Waals surface area contributed by atoms with E-state index in [0.717, 1.165) is 11.3 Å². The van der Waals surface area contributed by atoms with Crippen molar-refractivity contribution in [3.63, 3.8) is 0 Å². The highest BCUT2D eigenvalue weighted by molar-refractivity contribution is 5.95. The van der Waals surface area contributed by atoms with E-state index >= 15 is 0 Å². The lowest BCUT2D eigenvalue weighted by Crippen LogP contribution is -2.33. The van der Waals surface area contributed by atoms with Gasteiger partial charge in [-0.3, -0.25) is 19.1 Å². The van der Waals surface area contributed by atoms with Gasteiger partial charge in [-0.2, -0.15) is 0 Å². The summed E-state index contributed by atoms with van der Waals surface area (Å²) in [7, 11) is 0. The van der Waals surface area contributed by atoms with Gasteiger partial charge < -0.3 is 9.72 Å². The van der Waals surface area contributed by atoms with E-state index in [2.05, 4.69) is 29.1 Å². The number of imidazole rings is 1. The molecule has 4 rings (SSSR count). The lowest BCUT2D eigenvalue weighted by Gasteiger charge is -2.13. The molecule has 0 spiro atoms. The van der Waals surface area contributed by atoms with Gasteiger partial charge in [0.1, 0.15) is 5.56 Å². The van der Waals surface area contributed by atoms with Crippen LogP contribution < -0.4 is 10.9 Å². The summed E-state index contributed by atoms with van der Waals surface area (Å²) in [5, 5.41) is 2.82. The minimum absolute atomic E-state index is 0.137. The van der Waals surface area contributed by atoms with Crippen LogP contribution in [0.3, 0.4) is 0 Å². The topological polar surface area (TPSA) is 81.3 Å². The molecule has 0 unspecified atom stereocenters. The summed E-state index contributed by atoms with van der Waals surface area (Å²) in [5.74, 6) is -0.0726. The van der Waals surface area contributed by atoms with Crippen LogP contribution in [0.5, 0.6) is 0 Å². The lowest BCUT2D eigenvalue weighted by molar-refractivity contribution is 0.0948. The molecule has 7 nitrogen and oxygen atoms in total. The van der Waals surface area contributed by atoms with Crippen molar-refractivity contribution in [1.29, 1.82) is 0 Å². The average molecular weight is 401 g/mol. The maximum absolute atomic E-state index is 13.1. The normalized spacial score (nSPS) is 11.2. The zero-order valence-electron chi connectivity index (χ0n) is 17.2. The van der Waals surface area contributed by atoms with Gasteiger partial charge in [-0.1, -0.05) is 26.0 Å². The van der Waals surface area contributed by atoms with E-state index in [1.165, 1.54) is 4.57 Å². The SMILES string of the molecule is Cc1ccn(-c2cccc(C(C)C)c2)c(=O)c1C(=O)NCc1cn2ccncc2n1. The first-order valence-electron chi connectivity index (χ1n) is 9.82. The zero-order chi connectivity index (χ0) is 21.3. The van der Waals surface area contributed by atoms with Crippen molar-refractivity contribution in [2.45, 2.75) is 33.2 Å². The molecular formula is C23H23N5O2. The van der Waals surface area contributed by atoms with Gasteiger partial charge in [-0.05, 0) is 42.2 Å². The molecule has 3 aromatic heterocycles. The molecule has 0 radical (unpaired) electrons. The van der Waals surface area contributed by atoms with E-state index in [-0.39, 0.29) is 17.7 Å². The summed E-state index contributed by atoms with van der Waals surface area (Å²) < 4.78 is 3.35. The van der Waals surface area contributed by atoms with Gasteiger partial charge in [0.2, 0.25) is 0 Å². The molecule has 0 fully saturated rings. The minimum atomic E-state index is -0.415. The third-order valence-corrected chi connectivity index (χ3v) is 5.09. The Kier molecular flexibility index (Phi) is 5.18. The number of nitrogens with one attached hydrogen (secondary N) is 1. The number of carbonyl (C=O) groups is 1. The maximum atomic E-state index is 13.1. The van der Waals surface area contributed by atoms with Crippen LogP contribution in [-0.4, -0.2) is 24.8 Å². The first kappa shape index (κ1) is 19.6. The van der Waals surface area contributed by atoms with Crippen LogP contribution in [0.15, 0.2) is 66.1 Å². The van der Waals surface area contributed by atoms with E-state index in [0.29, 0.717) is 22.8 Å². The van der Waals surface area contributed by atoms with Crippen LogP contribution in [0.4, 0.5) is 0 Å². The number of hydrogen-bond donors (Lipinski definition) is 1. The molecule has 0 bridgehead atoms. The number of nitrogens with zero attached hydrogens (tertiary/aromatic N) is 4. The molecule has 0 saturated heterocycles. The second kappa shape index (κ2) is 7.94. The first-order chi connectivity index (χ1) is 14.4. The van der Waals surface area contributed by atoms with Gasteiger partial charge in [-0.15, -0.1) is 0 Å².